The number of benzene rings is 3. The van der Waals surface area contributed by atoms with Gasteiger partial charge >= 0.3 is 0 Å². The second-order valence-corrected chi connectivity index (χ2v) is 7.55. The highest BCUT2D eigenvalue weighted by Gasteiger charge is 2.18. The van der Waals surface area contributed by atoms with E-state index in [0.717, 1.165) is 22.5 Å². The van der Waals surface area contributed by atoms with Crippen molar-refractivity contribution in [2.24, 2.45) is 0 Å². The Morgan fingerprint density at radius 1 is 0.818 bits per heavy atom. The first kappa shape index (κ1) is 19.2. The number of allylic oxidation sites excluding steroid dienone is 1. The smallest absolute Gasteiger partial charge is 0.231 e. The number of hydrogen-bond donors (Lipinski definition) is 0. The van der Waals surface area contributed by atoms with Gasteiger partial charge in [-0.25, -0.2) is 4.68 Å². The molecule has 7 nitrogen and oxygen atoms in total. The van der Waals surface area contributed by atoms with Crippen molar-refractivity contribution in [3.63, 3.8) is 0 Å². The lowest BCUT2D eigenvalue weighted by Gasteiger charge is -2.02. The largest absolute Gasteiger partial charge is 0.454 e. The molecule has 0 saturated heterocycles. The first-order valence-electron chi connectivity index (χ1n) is 10.4. The molecule has 0 fully saturated rings. The minimum absolute atomic E-state index is 0.141. The molecule has 0 N–H and O–H groups in total. The van der Waals surface area contributed by atoms with E-state index in [-0.39, 0.29) is 19.4 Å². The van der Waals surface area contributed by atoms with Gasteiger partial charge in [0.2, 0.25) is 13.6 Å². The number of carbonyl (C=O) groups is 1. The molecule has 7 heteroatoms. The summed E-state index contributed by atoms with van der Waals surface area (Å²) in [7, 11) is 0. The van der Waals surface area contributed by atoms with Gasteiger partial charge in [0.05, 0.1) is 5.69 Å². The van der Waals surface area contributed by atoms with Gasteiger partial charge < -0.3 is 18.9 Å². The van der Waals surface area contributed by atoms with Gasteiger partial charge in [0.25, 0.3) is 0 Å². The van der Waals surface area contributed by atoms with Crippen LogP contribution >= 0.6 is 0 Å². The topological polar surface area (TPSA) is 71.8 Å². The highest BCUT2D eigenvalue weighted by atomic mass is 16.7. The average molecular weight is 438 g/mol. The Balaban J connectivity index is 1.37. The molecular formula is C26H18N2O5. The number of fused-ring (bicyclic) bond motifs is 2. The van der Waals surface area contributed by atoms with Crippen LogP contribution < -0.4 is 18.9 Å². The normalized spacial score (nSPS) is 13.6. The van der Waals surface area contributed by atoms with Gasteiger partial charge in [-0.1, -0.05) is 18.2 Å². The predicted molar refractivity (Wildman–Crippen MR) is 121 cm³/mol. The van der Waals surface area contributed by atoms with E-state index in [9.17, 15) is 4.79 Å². The zero-order valence-corrected chi connectivity index (χ0v) is 17.4. The second kappa shape index (κ2) is 7.87. The lowest BCUT2D eigenvalue weighted by atomic mass is 10.1. The van der Waals surface area contributed by atoms with Crippen LogP contribution in [-0.2, 0) is 0 Å². The van der Waals surface area contributed by atoms with Crippen LogP contribution in [0.3, 0.4) is 0 Å². The summed E-state index contributed by atoms with van der Waals surface area (Å²) >= 11 is 0. The van der Waals surface area contributed by atoms with Crippen LogP contribution in [0.25, 0.3) is 23.0 Å². The molecular weight excluding hydrogens is 420 g/mol. The zero-order valence-electron chi connectivity index (χ0n) is 17.4. The van der Waals surface area contributed by atoms with E-state index >= 15 is 0 Å². The number of ether oxygens (including phenoxy) is 4. The van der Waals surface area contributed by atoms with Crippen molar-refractivity contribution in [3.05, 3.63) is 90.1 Å². The van der Waals surface area contributed by atoms with Crippen LogP contribution in [0.4, 0.5) is 0 Å². The minimum Gasteiger partial charge on any atom is -0.454 e. The SMILES string of the molecule is O=C(/C=C/c1cn(-c2ccccc2)nc1-c1ccc2c(c1)OCO2)c1ccc2c(c1)OCO2. The first-order chi connectivity index (χ1) is 16.2. The fraction of sp³-hybridized carbons (Fsp3) is 0.0769. The van der Waals surface area contributed by atoms with Crippen LogP contribution in [0.5, 0.6) is 23.0 Å². The van der Waals surface area contributed by atoms with E-state index in [0.29, 0.717) is 28.6 Å². The molecule has 0 aliphatic carbocycles. The van der Waals surface area contributed by atoms with Crippen LogP contribution in [0.15, 0.2) is 79.0 Å². The van der Waals surface area contributed by atoms with Crippen LogP contribution in [0.2, 0.25) is 0 Å². The number of rotatable bonds is 5. The van der Waals surface area contributed by atoms with Crippen molar-refractivity contribution in [1.82, 2.24) is 9.78 Å². The van der Waals surface area contributed by atoms with Crippen LogP contribution in [0.1, 0.15) is 15.9 Å². The fourth-order valence-electron chi connectivity index (χ4n) is 3.80. The summed E-state index contributed by atoms with van der Waals surface area (Å²) in [6.45, 7) is 0.369. The number of nitrogens with zero attached hydrogens (tertiary/aromatic N) is 2. The van der Waals surface area contributed by atoms with Gasteiger partial charge in [-0.05, 0) is 60.7 Å². The van der Waals surface area contributed by atoms with E-state index in [1.54, 1.807) is 35.0 Å². The Morgan fingerprint density at radius 2 is 1.52 bits per heavy atom. The average Bonchev–Trinajstić information content (AvgIpc) is 3.61. The highest BCUT2D eigenvalue weighted by molar-refractivity contribution is 6.07. The molecule has 4 aromatic rings. The molecule has 0 radical (unpaired) electrons. The Morgan fingerprint density at radius 3 is 2.30 bits per heavy atom. The summed E-state index contributed by atoms with van der Waals surface area (Å²) in [6, 6.07) is 20.7. The summed E-state index contributed by atoms with van der Waals surface area (Å²) in [4.78, 5) is 12.8. The number of hydrogen-bond acceptors (Lipinski definition) is 6. The number of para-hydroxylation sites is 1. The molecule has 3 heterocycles. The number of carbonyl (C=O) groups excluding carboxylic acids is 1. The molecule has 1 aromatic heterocycles. The predicted octanol–water partition coefficient (Wildman–Crippen LogP) is 4.89. The third-order valence-corrected chi connectivity index (χ3v) is 5.48. The van der Waals surface area contributed by atoms with E-state index < -0.39 is 0 Å². The lowest BCUT2D eigenvalue weighted by molar-refractivity contribution is 0.104. The molecule has 0 bridgehead atoms. The second-order valence-electron chi connectivity index (χ2n) is 7.55. The Hall–Kier alpha value is -4.52. The van der Waals surface area contributed by atoms with Gasteiger partial charge in [0.15, 0.2) is 28.8 Å². The molecule has 0 spiro atoms. The molecule has 0 saturated carbocycles. The van der Waals surface area contributed by atoms with Gasteiger partial charge in [-0.2, -0.15) is 5.10 Å². The van der Waals surface area contributed by atoms with Gasteiger partial charge in [0, 0.05) is 22.9 Å². The van der Waals surface area contributed by atoms with Crippen molar-refractivity contribution < 1.29 is 23.7 Å². The maximum Gasteiger partial charge on any atom is 0.231 e. The van der Waals surface area contributed by atoms with E-state index in [1.165, 1.54) is 0 Å². The maximum atomic E-state index is 12.8. The zero-order chi connectivity index (χ0) is 22.2. The third-order valence-electron chi connectivity index (χ3n) is 5.48. The first-order valence-corrected chi connectivity index (χ1v) is 10.4. The van der Waals surface area contributed by atoms with Crippen molar-refractivity contribution >= 4 is 11.9 Å². The van der Waals surface area contributed by atoms with Crippen LogP contribution in [0, 0.1) is 0 Å². The summed E-state index contributed by atoms with van der Waals surface area (Å²) in [5, 5.41) is 4.80. The minimum atomic E-state index is -0.141. The monoisotopic (exact) mass is 438 g/mol. The van der Waals surface area contributed by atoms with Crippen molar-refractivity contribution in [2.75, 3.05) is 13.6 Å². The summed E-state index contributed by atoms with van der Waals surface area (Å²) in [5.74, 6) is 2.46. The molecule has 3 aromatic carbocycles. The van der Waals surface area contributed by atoms with E-state index in [1.807, 2.05) is 54.7 Å². The van der Waals surface area contributed by atoms with E-state index in [4.69, 9.17) is 24.0 Å². The van der Waals surface area contributed by atoms with Gasteiger partial charge in [-0.15, -0.1) is 0 Å². The number of ketones is 1. The molecule has 0 unspecified atom stereocenters. The highest BCUT2D eigenvalue weighted by Crippen LogP contribution is 2.37. The summed E-state index contributed by atoms with van der Waals surface area (Å²) in [5.41, 5.74) is 3.83. The van der Waals surface area contributed by atoms with Gasteiger partial charge in [-0.3, -0.25) is 4.79 Å². The Bertz CT molecular complexity index is 1390. The van der Waals surface area contributed by atoms with Crippen molar-refractivity contribution in [3.8, 4) is 39.9 Å². The Kier molecular flexibility index (Phi) is 4.58. The molecule has 0 amide bonds. The molecule has 2 aliphatic rings. The van der Waals surface area contributed by atoms with Crippen molar-refractivity contribution in [2.45, 2.75) is 0 Å². The Labute approximate surface area is 189 Å². The lowest BCUT2D eigenvalue weighted by Crippen LogP contribution is -1.94. The number of aromatic nitrogens is 2. The molecule has 0 atom stereocenters. The standard InChI is InChI=1S/C26H18N2O5/c29-21(17-7-10-22-24(12-17)32-15-30-22)9-6-19-14-28(20-4-2-1-3-5-20)27-26(19)18-8-11-23-25(13-18)33-16-31-23/h1-14H,15-16H2/b9-6+. The van der Waals surface area contributed by atoms with E-state index in [2.05, 4.69) is 0 Å². The molecule has 6 rings (SSSR count). The summed E-state index contributed by atoms with van der Waals surface area (Å²) < 4.78 is 23.5. The van der Waals surface area contributed by atoms with Crippen molar-refractivity contribution in [1.29, 1.82) is 0 Å². The maximum absolute atomic E-state index is 12.8. The molecule has 33 heavy (non-hydrogen) atoms. The summed E-state index contributed by atoms with van der Waals surface area (Å²) in [6.07, 6.45) is 5.22. The fourth-order valence-corrected chi connectivity index (χ4v) is 3.80. The quantitative estimate of drug-likeness (QED) is 0.326. The third kappa shape index (κ3) is 3.59. The van der Waals surface area contributed by atoms with Crippen LogP contribution in [-0.4, -0.2) is 29.1 Å². The molecule has 162 valence electrons. The van der Waals surface area contributed by atoms with Gasteiger partial charge in [0.1, 0.15) is 5.69 Å². The molecule has 2 aliphatic heterocycles.